The van der Waals surface area contributed by atoms with Gasteiger partial charge in [-0.2, -0.15) is 0 Å². The van der Waals surface area contributed by atoms with Crippen molar-refractivity contribution < 1.29 is 4.79 Å². The Bertz CT molecular complexity index is 531. The molecule has 2 atom stereocenters. The standard InChI is InChI=1S/C18H27N3O/c1-3-10-20-11-15-8-9-16(20)13-21(12-15)18(22)19-17-7-5-4-6-14(17)2/h4-7,15-16H,3,8-13H2,1-2H3,(H,19,22)/t15-,16-/m1/s1. The number of nitrogens with zero attached hydrogens (tertiary/aromatic N) is 2. The van der Waals surface area contributed by atoms with Crippen molar-refractivity contribution in [1.82, 2.24) is 9.80 Å². The zero-order valence-electron chi connectivity index (χ0n) is 13.7. The first kappa shape index (κ1) is 15.3. The summed E-state index contributed by atoms with van der Waals surface area (Å²) in [6.45, 7) is 8.36. The highest BCUT2D eigenvalue weighted by Gasteiger charge is 2.35. The first-order valence-corrected chi connectivity index (χ1v) is 8.53. The van der Waals surface area contributed by atoms with Gasteiger partial charge in [-0.3, -0.25) is 4.90 Å². The van der Waals surface area contributed by atoms with E-state index in [9.17, 15) is 4.79 Å². The lowest BCUT2D eigenvalue weighted by Gasteiger charge is -2.35. The molecule has 2 bridgehead atoms. The lowest BCUT2D eigenvalue weighted by molar-refractivity contribution is 0.132. The van der Waals surface area contributed by atoms with Crippen molar-refractivity contribution in [3.8, 4) is 0 Å². The number of aryl methyl sites for hydroxylation is 1. The second-order valence-electron chi connectivity index (χ2n) is 6.74. The molecule has 0 saturated carbocycles. The van der Waals surface area contributed by atoms with Crippen LogP contribution in [0.1, 0.15) is 31.7 Å². The van der Waals surface area contributed by atoms with Gasteiger partial charge in [-0.05, 0) is 50.3 Å². The maximum atomic E-state index is 12.7. The molecule has 1 aromatic rings. The monoisotopic (exact) mass is 301 g/mol. The minimum Gasteiger partial charge on any atom is -0.323 e. The maximum absolute atomic E-state index is 12.7. The average Bonchev–Trinajstić information content (AvgIpc) is 2.82. The van der Waals surface area contributed by atoms with E-state index < -0.39 is 0 Å². The minimum atomic E-state index is 0.0598. The molecule has 0 radical (unpaired) electrons. The second kappa shape index (κ2) is 6.69. The third kappa shape index (κ3) is 3.27. The molecule has 3 saturated heterocycles. The summed E-state index contributed by atoms with van der Waals surface area (Å²) < 4.78 is 0. The fourth-order valence-electron chi connectivity index (χ4n) is 3.81. The summed E-state index contributed by atoms with van der Waals surface area (Å²) >= 11 is 0. The molecule has 2 amide bonds. The summed E-state index contributed by atoms with van der Waals surface area (Å²) in [7, 11) is 0. The molecule has 0 aromatic heterocycles. The Labute approximate surface area is 133 Å². The predicted molar refractivity (Wildman–Crippen MR) is 90.1 cm³/mol. The molecular weight excluding hydrogens is 274 g/mol. The van der Waals surface area contributed by atoms with Crippen molar-refractivity contribution in [1.29, 1.82) is 0 Å². The first-order chi connectivity index (χ1) is 10.7. The topological polar surface area (TPSA) is 35.6 Å². The van der Waals surface area contributed by atoms with Gasteiger partial charge in [0, 0.05) is 31.4 Å². The van der Waals surface area contributed by atoms with Gasteiger partial charge in [-0.15, -0.1) is 0 Å². The normalized spacial score (nSPS) is 25.1. The van der Waals surface area contributed by atoms with Crippen LogP contribution >= 0.6 is 0 Å². The number of fused-ring (bicyclic) bond motifs is 4. The van der Waals surface area contributed by atoms with Gasteiger partial charge in [-0.25, -0.2) is 4.79 Å². The second-order valence-corrected chi connectivity index (χ2v) is 6.74. The highest BCUT2D eigenvalue weighted by atomic mass is 16.2. The van der Waals surface area contributed by atoms with Crippen LogP contribution < -0.4 is 5.32 Å². The van der Waals surface area contributed by atoms with Crippen LogP contribution in [0.5, 0.6) is 0 Å². The summed E-state index contributed by atoms with van der Waals surface area (Å²) in [5, 5.41) is 3.09. The first-order valence-electron chi connectivity index (χ1n) is 8.53. The average molecular weight is 301 g/mol. The molecule has 0 aliphatic carbocycles. The van der Waals surface area contributed by atoms with Crippen LogP contribution in [-0.2, 0) is 0 Å². The van der Waals surface area contributed by atoms with Crippen LogP contribution in [0.2, 0.25) is 0 Å². The Morgan fingerprint density at radius 3 is 2.82 bits per heavy atom. The van der Waals surface area contributed by atoms with E-state index in [0.29, 0.717) is 12.0 Å². The van der Waals surface area contributed by atoms with Crippen molar-refractivity contribution >= 4 is 11.7 Å². The summed E-state index contributed by atoms with van der Waals surface area (Å²) in [6, 6.07) is 8.58. The number of hydrogen-bond acceptors (Lipinski definition) is 2. The van der Waals surface area contributed by atoms with Gasteiger partial charge in [0.1, 0.15) is 0 Å². The molecule has 0 spiro atoms. The number of benzene rings is 1. The Morgan fingerprint density at radius 2 is 2.05 bits per heavy atom. The largest absolute Gasteiger partial charge is 0.323 e. The quantitative estimate of drug-likeness (QED) is 0.929. The van der Waals surface area contributed by atoms with Crippen LogP contribution in [0.3, 0.4) is 0 Å². The van der Waals surface area contributed by atoms with Crippen molar-refractivity contribution in [3.63, 3.8) is 0 Å². The molecule has 4 rings (SSSR count). The molecule has 3 aliphatic heterocycles. The van der Waals surface area contributed by atoms with E-state index in [-0.39, 0.29) is 6.03 Å². The molecule has 4 nitrogen and oxygen atoms in total. The van der Waals surface area contributed by atoms with E-state index in [2.05, 4.69) is 17.1 Å². The van der Waals surface area contributed by atoms with Gasteiger partial charge in [-0.1, -0.05) is 25.1 Å². The number of hydrogen-bond donors (Lipinski definition) is 1. The van der Waals surface area contributed by atoms with Gasteiger partial charge in [0.15, 0.2) is 0 Å². The number of rotatable bonds is 3. The highest BCUT2D eigenvalue weighted by Crippen LogP contribution is 2.28. The van der Waals surface area contributed by atoms with E-state index >= 15 is 0 Å². The SMILES string of the molecule is CCCN1C[C@H]2CC[C@@H]1CN(C(=O)Nc1ccccc1C)C2. The third-order valence-corrected chi connectivity index (χ3v) is 5.01. The number of para-hydroxylation sites is 1. The van der Waals surface area contributed by atoms with Crippen LogP contribution in [0, 0.1) is 12.8 Å². The van der Waals surface area contributed by atoms with Crippen molar-refractivity contribution in [2.24, 2.45) is 5.92 Å². The van der Waals surface area contributed by atoms with Gasteiger partial charge in [0.2, 0.25) is 0 Å². The molecule has 120 valence electrons. The predicted octanol–water partition coefficient (Wildman–Crippen LogP) is 3.33. The molecule has 4 heteroatoms. The molecule has 1 N–H and O–H groups in total. The Hall–Kier alpha value is -1.55. The van der Waals surface area contributed by atoms with Crippen LogP contribution in [0.25, 0.3) is 0 Å². The third-order valence-electron chi connectivity index (χ3n) is 5.01. The van der Waals surface area contributed by atoms with E-state index in [1.165, 1.54) is 19.3 Å². The summed E-state index contributed by atoms with van der Waals surface area (Å²) in [5.41, 5.74) is 2.04. The number of piperidine rings is 1. The number of urea groups is 1. The smallest absolute Gasteiger partial charge is 0.321 e. The number of nitrogens with one attached hydrogen (secondary N) is 1. The van der Waals surface area contributed by atoms with Crippen LogP contribution in [0.4, 0.5) is 10.5 Å². The van der Waals surface area contributed by atoms with Crippen LogP contribution in [-0.4, -0.2) is 48.1 Å². The van der Waals surface area contributed by atoms with Crippen molar-refractivity contribution in [2.75, 3.05) is 31.5 Å². The fourth-order valence-corrected chi connectivity index (χ4v) is 3.81. The Morgan fingerprint density at radius 1 is 1.23 bits per heavy atom. The summed E-state index contributed by atoms with van der Waals surface area (Å²) in [6.07, 6.45) is 3.69. The summed E-state index contributed by atoms with van der Waals surface area (Å²) in [5.74, 6) is 0.632. The highest BCUT2D eigenvalue weighted by molar-refractivity contribution is 5.90. The van der Waals surface area contributed by atoms with E-state index in [4.69, 9.17) is 0 Å². The Balaban J connectivity index is 1.68. The van der Waals surface area contributed by atoms with Crippen molar-refractivity contribution in [2.45, 2.75) is 39.2 Å². The molecule has 0 unspecified atom stereocenters. The lowest BCUT2D eigenvalue weighted by atomic mass is 9.95. The zero-order chi connectivity index (χ0) is 15.5. The number of carbonyl (C=O) groups excluding carboxylic acids is 1. The number of amides is 2. The van der Waals surface area contributed by atoms with Crippen LogP contribution in [0.15, 0.2) is 24.3 Å². The van der Waals surface area contributed by atoms with E-state index in [1.807, 2.05) is 36.1 Å². The minimum absolute atomic E-state index is 0.0598. The molecular formula is C18H27N3O. The van der Waals surface area contributed by atoms with Gasteiger partial charge >= 0.3 is 6.03 Å². The molecule has 3 fully saturated rings. The molecule has 1 aromatic carbocycles. The van der Waals surface area contributed by atoms with Gasteiger partial charge in [0.25, 0.3) is 0 Å². The lowest BCUT2D eigenvalue weighted by Crippen LogP contribution is -2.45. The molecule has 3 heterocycles. The number of anilines is 1. The Kier molecular flexibility index (Phi) is 4.67. The molecule has 3 aliphatic rings. The summed E-state index contributed by atoms with van der Waals surface area (Å²) in [4.78, 5) is 17.3. The number of carbonyl (C=O) groups is 1. The van der Waals surface area contributed by atoms with Gasteiger partial charge < -0.3 is 10.2 Å². The van der Waals surface area contributed by atoms with Crippen molar-refractivity contribution in [3.05, 3.63) is 29.8 Å². The fraction of sp³-hybridized carbons (Fsp3) is 0.611. The van der Waals surface area contributed by atoms with E-state index in [0.717, 1.165) is 37.4 Å². The van der Waals surface area contributed by atoms with Gasteiger partial charge in [0.05, 0.1) is 0 Å². The van der Waals surface area contributed by atoms with E-state index in [1.54, 1.807) is 0 Å². The molecule has 22 heavy (non-hydrogen) atoms. The maximum Gasteiger partial charge on any atom is 0.321 e. The zero-order valence-corrected chi connectivity index (χ0v) is 13.7.